The molecule has 7 heteroatoms. The maximum absolute atomic E-state index is 13.2. The first-order valence-corrected chi connectivity index (χ1v) is 11.2. The van der Waals surface area contributed by atoms with E-state index < -0.39 is 15.6 Å². The third-order valence-corrected chi connectivity index (χ3v) is 6.60. The molecular formula is C29H16N2O5. The lowest BCUT2D eigenvalue weighted by molar-refractivity contribution is -0.385. The summed E-state index contributed by atoms with van der Waals surface area (Å²) in [6, 6.07) is 23.8. The largest absolute Gasteiger partial charge is 0.289 e. The van der Waals surface area contributed by atoms with Crippen molar-refractivity contribution in [3.63, 3.8) is 0 Å². The molecular weight excluding hydrogens is 456 g/mol. The molecule has 0 heterocycles. The third-order valence-electron chi connectivity index (χ3n) is 6.60. The Kier molecular flexibility index (Phi) is 4.72. The van der Waals surface area contributed by atoms with Gasteiger partial charge in [0.2, 0.25) is 0 Å². The number of fused-ring (bicyclic) bond motifs is 2. The number of nitro benzene ring substituents is 2. The maximum atomic E-state index is 13.2. The Morgan fingerprint density at radius 2 is 0.972 bits per heavy atom. The van der Waals surface area contributed by atoms with Crippen molar-refractivity contribution in [2.75, 3.05) is 0 Å². The molecule has 0 atom stereocenters. The summed E-state index contributed by atoms with van der Waals surface area (Å²) in [7, 11) is 0. The van der Waals surface area contributed by atoms with Crippen LogP contribution in [0.25, 0.3) is 23.3 Å². The van der Waals surface area contributed by atoms with Gasteiger partial charge in [-0.05, 0) is 69.8 Å². The molecule has 36 heavy (non-hydrogen) atoms. The Morgan fingerprint density at radius 1 is 0.556 bits per heavy atom. The van der Waals surface area contributed by atoms with Crippen molar-refractivity contribution in [3.8, 4) is 0 Å². The fraction of sp³-hybridized carbons (Fsp3) is 0. The Morgan fingerprint density at radius 3 is 1.36 bits per heavy atom. The van der Waals surface area contributed by atoms with E-state index in [0.717, 1.165) is 33.4 Å². The average molecular weight is 472 g/mol. The number of nitro groups is 2. The van der Waals surface area contributed by atoms with Crippen molar-refractivity contribution >= 4 is 40.5 Å². The molecule has 2 aliphatic carbocycles. The van der Waals surface area contributed by atoms with E-state index in [4.69, 9.17) is 0 Å². The molecule has 0 amide bonds. The number of hydrogen-bond donors (Lipinski definition) is 0. The first kappa shape index (κ1) is 21.4. The van der Waals surface area contributed by atoms with Gasteiger partial charge in [-0.1, -0.05) is 48.5 Å². The molecule has 0 aromatic heterocycles. The molecule has 0 N–H and O–H groups in total. The minimum atomic E-state index is -0.523. The van der Waals surface area contributed by atoms with Gasteiger partial charge in [-0.15, -0.1) is 0 Å². The zero-order valence-electron chi connectivity index (χ0n) is 18.7. The Labute approximate surface area is 205 Å². The van der Waals surface area contributed by atoms with Crippen LogP contribution >= 0.6 is 0 Å². The minimum Gasteiger partial charge on any atom is -0.289 e. The van der Waals surface area contributed by atoms with E-state index in [9.17, 15) is 25.0 Å². The van der Waals surface area contributed by atoms with Gasteiger partial charge in [0.05, 0.1) is 21.0 Å². The van der Waals surface area contributed by atoms with Gasteiger partial charge in [0.1, 0.15) is 0 Å². The Hall–Kier alpha value is -5.17. The Balaban J connectivity index is 1.36. The summed E-state index contributed by atoms with van der Waals surface area (Å²) in [6.07, 6.45) is 3.74. The fourth-order valence-electron chi connectivity index (χ4n) is 4.76. The number of ketones is 1. The lowest BCUT2D eigenvalue weighted by Gasteiger charge is -2.20. The van der Waals surface area contributed by atoms with Gasteiger partial charge in [0, 0.05) is 23.3 Å². The van der Waals surface area contributed by atoms with Crippen LogP contribution in [0.1, 0.15) is 49.3 Å². The molecule has 6 rings (SSSR count). The number of nitrogens with zero attached hydrogens (tertiary/aromatic N) is 2. The molecule has 4 aromatic rings. The van der Waals surface area contributed by atoms with Gasteiger partial charge in [0.15, 0.2) is 5.78 Å². The van der Waals surface area contributed by atoms with Crippen LogP contribution in [0.3, 0.4) is 0 Å². The van der Waals surface area contributed by atoms with Crippen LogP contribution in [-0.4, -0.2) is 15.6 Å². The third kappa shape index (κ3) is 3.25. The lowest BCUT2D eigenvalue weighted by atomic mass is 9.82. The van der Waals surface area contributed by atoms with Gasteiger partial charge in [-0.3, -0.25) is 25.0 Å². The van der Waals surface area contributed by atoms with Crippen molar-refractivity contribution in [1.29, 1.82) is 0 Å². The first-order valence-electron chi connectivity index (χ1n) is 11.2. The average Bonchev–Trinajstić information content (AvgIpc) is 2.85. The summed E-state index contributed by atoms with van der Waals surface area (Å²) in [5.74, 6) is -0.523. The molecule has 0 saturated carbocycles. The molecule has 0 aliphatic heterocycles. The quantitative estimate of drug-likeness (QED) is 0.156. The van der Waals surface area contributed by atoms with Gasteiger partial charge in [0.25, 0.3) is 11.4 Å². The van der Waals surface area contributed by atoms with Crippen molar-refractivity contribution in [1.82, 2.24) is 0 Å². The van der Waals surface area contributed by atoms with E-state index in [0.29, 0.717) is 11.1 Å². The fourth-order valence-corrected chi connectivity index (χ4v) is 4.76. The van der Waals surface area contributed by atoms with Gasteiger partial charge in [-0.2, -0.15) is 0 Å². The van der Waals surface area contributed by atoms with Crippen molar-refractivity contribution in [3.05, 3.63) is 150 Å². The molecule has 7 nitrogen and oxygen atoms in total. The van der Waals surface area contributed by atoms with E-state index in [2.05, 4.69) is 0 Å². The van der Waals surface area contributed by atoms with E-state index in [-0.39, 0.29) is 22.5 Å². The van der Waals surface area contributed by atoms with E-state index in [1.807, 2.05) is 60.7 Å². The van der Waals surface area contributed by atoms with Crippen LogP contribution < -0.4 is 0 Å². The normalized spacial score (nSPS) is 12.8. The summed E-state index contributed by atoms with van der Waals surface area (Å²) in [5.41, 5.74) is 5.96. The molecule has 2 aliphatic rings. The number of hydrogen-bond acceptors (Lipinski definition) is 5. The highest BCUT2D eigenvalue weighted by Crippen LogP contribution is 2.43. The number of carbonyl (C=O) groups is 1. The highest BCUT2D eigenvalue weighted by Gasteiger charge is 2.28. The summed E-state index contributed by atoms with van der Waals surface area (Å²) < 4.78 is 0. The molecule has 0 bridgehead atoms. The molecule has 172 valence electrons. The standard InChI is InChI=1S/C29H16N2O5/c32-29(19-9-11-23(27(15-19)30(33)34)25-13-17-5-1-3-7-21(17)25)20-10-12-24(28(16-20)31(35)36)26-14-18-6-2-4-8-22(18)26/h1-16H. The maximum Gasteiger partial charge on any atom is 0.277 e. The van der Waals surface area contributed by atoms with Crippen LogP contribution in [0, 0.1) is 20.2 Å². The summed E-state index contributed by atoms with van der Waals surface area (Å²) >= 11 is 0. The van der Waals surface area contributed by atoms with Gasteiger partial charge < -0.3 is 0 Å². The smallest absolute Gasteiger partial charge is 0.277 e. The molecule has 0 radical (unpaired) electrons. The highest BCUT2D eigenvalue weighted by molar-refractivity contribution is 6.12. The van der Waals surface area contributed by atoms with Crippen LogP contribution in [0.2, 0.25) is 0 Å². The zero-order chi connectivity index (χ0) is 25.0. The second-order valence-electron chi connectivity index (χ2n) is 8.60. The Bertz CT molecular complexity index is 1590. The highest BCUT2D eigenvalue weighted by atomic mass is 16.6. The predicted molar refractivity (Wildman–Crippen MR) is 136 cm³/mol. The van der Waals surface area contributed by atoms with E-state index in [1.165, 1.54) is 24.3 Å². The first-order chi connectivity index (χ1) is 17.4. The number of carbonyl (C=O) groups excluding carboxylic acids is 1. The van der Waals surface area contributed by atoms with Crippen LogP contribution in [0.4, 0.5) is 11.4 Å². The second kappa shape index (κ2) is 7.95. The molecule has 0 saturated heterocycles. The molecule has 4 aromatic carbocycles. The topological polar surface area (TPSA) is 103 Å². The monoisotopic (exact) mass is 472 g/mol. The summed E-state index contributed by atoms with van der Waals surface area (Å²) in [4.78, 5) is 35.9. The molecule has 0 unspecified atom stereocenters. The lowest BCUT2D eigenvalue weighted by Crippen LogP contribution is -2.08. The molecule has 0 spiro atoms. The number of rotatable bonds is 6. The van der Waals surface area contributed by atoms with Crippen LogP contribution in [0.5, 0.6) is 0 Å². The van der Waals surface area contributed by atoms with Crippen molar-refractivity contribution in [2.24, 2.45) is 0 Å². The van der Waals surface area contributed by atoms with E-state index >= 15 is 0 Å². The summed E-state index contributed by atoms with van der Waals surface area (Å²) in [6.45, 7) is 0. The van der Waals surface area contributed by atoms with Gasteiger partial charge >= 0.3 is 0 Å². The van der Waals surface area contributed by atoms with Crippen LogP contribution in [-0.2, 0) is 0 Å². The molecule has 0 fully saturated rings. The second-order valence-corrected chi connectivity index (χ2v) is 8.60. The number of benzene rings is 4. The summed E-state index contributed by atoms with van der Waals surface area (Å²) in [5, 5.41) is 23.7. The zero-order valence-corrected chi connectivity index (χ0v) is 18.7. The van der Waals surface area contributed by atoms with Crippen molar-refractivity contribution < 1.29 is 14.6 Å². The van der Waals surface area contributed by atoms with E-state index in [1.54, 1.807) is 12.1 Å². The van der Waals surface area contributed by atoms with Crippen LogP contribution in [0.15, 0.2) is 84.9 Å². The SMILES string of the molecule is O=C(c1ccc(C2=Cc3ccccc32)c([N+](=O)[O-])c1)c1ccc(C2=Cc3ccccc32)c([N+](=O)[O-])c1. The minimum absolute atomic E-state index is 0.0916. The van der Waals surface area contributed by atoms with Gasteiger partial charge in [-0.25, -0.2) is 0 Å². The van der Waals surface area contributed by atoms with Crippen molar-refractivity contribution in [2.45, 2.75) is 0 Å². The predicted octanol–water partition coefficient (Wildman–Crippen LogP) is 6.54.